The number of aromatic nitrogens is 2. The van der Waals surface area contributed by atoms with Gasteiger partial charge in [-0.05, 0) is 18.6 Å². The number of nitrogen functional groups attached to an aromatic ring is 1. The molecule has 0 bridgehead atoms. The highest BCUT2D eigenvalue weighted by molar-refractivity contribution is 9.10. The van der Waals surface area contributed by atoms with Crippen molar-refractivity contribution >= 4 is 33.5 Å². The zero-order chi connectivity index (χ0) is 14.7. The van der Waals surface area contributed by atoms with Gasteiger partial charge < -0.3 is 16.5 Å². The number of anilines is 1. The lowest BCUT2D eigenvalue weighted by molar-refractivity contribution is 0.715. The number of nitrogens with zero attached hydrogens (tertiary/aromatic N) is 1. The molecule has 106 valence electrons. The van der Waals surface area contributed by atoms with Crippen molar-refractivity contribution in [1.29, 1.82) is 0 Å². The molecule has 2 aromatic rings. The molecular formula is C13H15BrN4OS. The Morgan fingerprint density at radius 2 is 2.10 bits per heavy atom. The summed E-state index contributed by atoms with van der Waals surface area (Å²) in [6.45, 7) is 1.92. The minimum atomic E-state index is -0.268. The van der Waals surface area contributed by atoms with E-state index >= 15 is 0 Å². The highest BCUT2D eigenvalue weighted by Gasteiger charge is 2.21. The van der Waals surface area contributed by atoms with Gasteiger partial charge in [0.2, 0.25) is 0 Å². The summed E-state index contributed by atoms with van der Waals surface area (Å²) in [4.78, 5) is 18.2. The molecule has 2 atom stereocenters. The number of aromatic amines is 1. The summed E-state index contributed by atoms with van der Waals surface area (Å²) in [6.07, 6.45) is 0. The van der Waals surface area contributed by atoms with Crippen LogP contribution in [0.3, 0.4) is 0 Å². The highest BCUT2D eigenvalue weighted by Crippen LogP contribution is 2.38. The van der Waals surface area contributed by atoms with Crippen molar-refractivity contribution < 1.29 is 0 Å². The number of H-pyrrole nitrogens is 1. The minimum absolute atomic E-state index is 0.0458. The quantitative estimate of drug-likeness (QED) is 0.578. The first-order valence-corrected chi connectivity index (χ1v) is 7.68. The number of thioether (sulfide) groups is 1. The molecule has 20 heavy (non-hydrogen) atoms. The maximum absolute atomic E-state index is 11.4. The van der Waals surface area contributed by atoms with Crippen LogP contribution < -0.4 is 17.0 Å². The van der Waals surface area contributed by atoms with E-state index in [0.717, 1.165) is 10.0 Å². The summed E-state index contributed by atoms with van der Waals surface area (Å²) in [5.41, 5.74) is 12.4. The molecule has 2 unspecified atom stereocenters. The Kier molecular flexibility index (Phi) is 4.85. The molecule has 0 amide bonds. The predicted molar refractivity (Wildman–Crippen MR) is 85.7 cm³/mol. The lowest BCUT2D eigenvalue weighted by atomic mass is 10.1. The van der Waals surface area contributed by atoms with Gasteiger partial charge in [-0.2, -0.15) is 0 Å². The van der Waals surface area contributed by atoms with E-state index in [0.29, 0.717) is 5.16 Å². The van der Waals surface area contributed by atoms with E-state index in [2.05, 4.69) is 25.9 Å². The molecule has 0 aliphatic heterocycles. The smallest absolute Gasteiger partial charge is 0.253 e. The third-order valence-corrected chi connectivity index (χ3v) is 4.74. The molecule has 0 spiro atoms. The van der Waals surface area contributed by atoms with Gasteiger partial charge in [0.1, 0.15) is 5.82 Å². The Morgan fingerprint density at radius 1 is 1.40 bits per heavy atom. The number of rotatable bonds is 4. The molecular weight excluding hydrogens is 340 g/mol. The van der Waals surface area contributed by atoms with Crippen molar-refractivity contribution in [2.45, 2.75) is 23.4 Å². The lowest BCUT2D eigenvalue weighted by Crippen LogP contribution is -2.23. The van der Waals surface area contributed by atoms with Gasteiger partial charge in [0, 0.05) is 16.6 Å². The first kappa shape index (κ1) is 15.1. The standard InChI is InChI=1S/C13H15BrN4OS/c1-7(15)12(8-4-2-3-5-9(8)14)20-13-17-10(16)6-11(19)18-13/h2-7,12H,15H2,1H3,(H3,16,17,18,19). The Morgan fingerprint density at radius 3 is 2.70 bits per heavy atom. The van der Waals surface area contributed by atoms with Gasteiger partial charge in [-0.1, -0.05) is 45.9 Å². The first-order valence-electron chi connectivity index (χ1n) is 6.01. The number of nitrogens with one attached hydrogen (secondary N) is 1. The van der Waals surface area contributed by atoms with Crippen molar-refractivity contribution in [2.75, 3.05) is 5.73 Å². The number of nitrogens with two attached hydrogens (primary N) is 2. The van der Waals surface area contributed by atoms with E-state index in [4.69, 9.17) is 11.5 Å². The van der Waals surface area contributed by atoms with Crippen molar-refractivity contribution in [3.05, 3.63) is 50.7 Å². The molecule has 5 N–H and O–H groups in total. The van der Waals surface area contributed by atoms with Gasteiger partial charge in [0.05, 0.1) is 5.25 Å². The second kappa shape index (κ2) is 6.43. The second-order valence-electron chi connectivity index (χ2n) is 4.39. The fraction of sp³-hybridized carbons (Fsp3) is 0.231. The van der Waals surface area contributed by atoms with E-state index in [-0.39, 0.29) is 22.7 Å². The molecule has 7 heteroatoms. The molecule has 1 aromatic heterocycles. The van der Waals surface area contributed by atoms with Crippen LogP contribution in [-0.4, -0.2) is 16.0 Å². The third kappa shape index (κ3) is 3.62. The lowest BCUT2D eigenvalue weighted by Gasteiger charge is -2.21. The van der Waals surface area contributed by atoms with Gasteiger partial charge in [-0.25, -0.2) is 4.98 Å². The zero-order valence-corrected chi connectivity index (χ0v) is 13.2. The Bertz CT molecular complexity index is 659. The van der Waals surface area contributed by atoms with Crippen LogP contribution in [0.15, 0.2) is 44.8 Å². The van der Waals surface area contributed by atoms with E-state index in [1.165, 1.54) is 17.8 Å². The molecule has 5 nitrogen and oxygen atoms in total. The van der Waals surface area contributed by atoms with Crippen LogP contribution in [0.25, 0.3) is 0 Å². The average molecular weight is 355 g/mol. The molecule has 0 saturated heterocycles. The van der Waals surface area contributed by atoms with E-state index in [1.54, 1.807) is 0 Å². The predicted octanol–water partition coefficient (Wildman–Crippen LogP) is 2.30. The fourth-order valence-electron chi connectivity index (χ4n) is 1.79. The molecule has 2 rings (SSSR count). The van der Waals surface area contributed by atoms with Crippen LogP contribution in [-0.2, 0) is 0 Å². The van der Waals surface area contributed by atoms with Gasteiger partial charge in [-0.3, -0.25) is 4.79 Å². The number of halogens is 1. The minimum Gasteiger partial charge on any atom is -0.383 e. The Labute approximate surface area is 129 Å². The summed E-state index contributed by atoms with van der Waals surface area (Å²) in [6, 6.07) is 8.98. The molecule has 0 aliphatic carbocycles. The van der Waals surface area contributed by atoms with Gasteiger partial charge in [-0.15, -0.1) is 0 Å². The van der Waals surface area contributed by atoms with Crippen LogP contribution in [0.2, 0.25) is 0 Å². The van der Waals surface area contributed by atoms with E-state index in [1.807, 2.05) is 31.2 Å². The van der Waals surface area contributed by atoms with Crippen molar-refractivity contribution in [3.8, 4) is 0 Å². The van der Waals surface area contributed by atoms with Crippen molar-refractivity contribution in [3.63, 3.8) is 0 Å². The number of hydrogen-bond acceptors (Lipinski definition) is 5. The van der Waals surface area contributed by atoms with Crippen molar-refractivity contribution in [1.82, 2.24) is 9.97 Å². The number of hydrogen-bond donors (Lipinski definition) is 3. The van der Waals surface area contributed by atoms with Crippen LogP contribution >= 0.6 is 27.7 Å². The van der Waals surface area contributed by atoms with Gasteiger partial charge in [0.25, 0.3) is 5.56 Å². The molecule has 0 aliphatic rings. The SMILES string of the molecule is CC(N)C(Sc1nc(N)cc(=O)[nH]1)c1ccccc1Br. The molecule has 1 aromatic carbocycles. The molecule has 0 fully saturated rings. The summed E-state index contributed by atoms with van der Waals surface area (Å²) in [5, 5.41) is 0.420. The molecule has 0 saturated carbocycles. The van der Waals surface area contributed by atoms with Gasteiger partial charge >= 0.3 is 0 Å². The van der Waals surface area contributed by atoms with Gasteiger partial charge in [0.15, 0.2) is 5.16 Å². The topological polar surface area (TPSA) is 97.8 Å². The summed E-state index contributed by atoms with van der Waals surface area (Å²) >= 11 is 4.91. The Balaban J connectivity index is 2.35. The van der Waals surface area contributed by atoms with Crippen molar-refractivity contribution in [2.24, 2.45) is 5.73 Å². The van der Waals surface area contributed by atoms with Crippen LogP contribution in [0.1, 0.15) is 17.7 Å². The fourth-order valence-corrected chi connectivity index (χ4v) is 3.58. The second-order valence-corrected chi connectivity index (χ2v) is 6.38. The molecule has 0 radical (unpaired) electrons. The summed E-state index contributed by atoms with van der Waals surface area (Å²) in [5.74, 6) is 0.201. The zero-order valence-electron chi connectivity index (χ0n) is 10.8. The van der Waals surface area contributed by atoms with E-state index in [9.17, 15) is 4.79 Å². The normalized spacial score (nSPS) is 13.9. The average Bonchev–Trinajstić information content (AvgIpc) is 2.35. The largest absolute Gasteiger partial charge is 0.383 e. The van der Waals surface area contributed by atoms with E-state index < -0.39 is 0 Å². The summed E-state index contributed by atoms with van der Waals surface area (Å²) < 4.78 is 0.973. The Hall–Kier alpha value is -1.31. The molecule has 1 heterocycles. The monoisotopic (exact) mass is 354 g/mol. The first-order chi connectivity index (χ1) is 9.47. The number of benzene rings is 1. The van der Waals surface area contributed by atoms with Crippen LogP contribution in [0.5, 0.6) is 0 Å². The maximum Gasteiger partial charge on any atom is 0.253 e. The van der Waals surface area contributed by atoms with Crippen LogP contribution in [0.4, 0.5) is 5.82 Å². The maximum atomic E-state index is 11.4. The third-order valence-electron chi connectivity index (χ3n) is 2.67. The summed E-state index contributed by atoms with van der Waals surface area (Å²) in [7, 11) is 0. The highest BCUT2D eigenvalue weighted by atomic mass is 79.9. The van der Waals surface area contributed by atoms with Crippen LogP contribution in [0, 0.1) is 0 Å².